The number of amides is 1. The van der Waals surface area contributed by atoms with E-state index >= 15 is 0 Å². The first kappa shape index (κ1) is 15.8. The molecule has 6 heteroatoms. The number of furan rings is 1. The molecule has 4 rings (SSSR count). The topological polar surface area (TPSA) is 78.4 Å². The van der Waals surface area contributed by atoms with Crippen LogP contribution in [0.5, 0.6) is 0 Å². The molecule has 1 aliphatic heterocycles. The van der Waals surface area contributed by atoms with Gasteiger partial charge in [0, 0.05) is 16.8 Å². The van der Waals surface area contributed by atoms with Gasteiger partial charge in [-0.25, -0.2) is 4.39 Å². The Morgan fingerprint density at radius 2 is 2.15 bits per heavy atom. The number of benzene rings is 2. The largest absolute Gasteiger partial charge is 0.472 e. The van der Waals surface area contributed by atoms with Crippen molar-refractivity contribution in [3.63, 3.8) is 0 Å². The van der Waals surface area contributed by atoms with Crippen LogP contribution in [-0.2, 0) is 6.54 Å². The number of anilines is 1. The number of aliphatic imine (C=N–C) groups is 1. The molecule has 0 spiro atoms. The lowest BCUT2D eigenvalue weighted by molar-refractivity contribution is 0.102. The normalized spacial score (nSPS) is 12.2. The maximum atomic E-state index is 14.2. The van der Waals surface area contributed by atoms with Crippen LogP contribution in [0.25, 0.3) is 0 Å². The molecular weight excluding hydrogens is 333 g/mol. The summed E-state index contributed by atoms with van der Waals surface area (Å²) in [7, 11) is 0. The molecule has 0 radical (unpaired) electrons. The molecule has 1 N–H and O–H groups in total. The van der Waals surface area contributed by atoms with Crippen LogP contribution in [0.2, 0.25) is 0 Å². The number of nitrogens with zero attached hydrogens (tertiary/aromatic N) is 2. The first-order valence-electron chi connectivity index (χ1n) is 7.87. The molecule has 0 atom stereocenters. The molecule has 1 aromatic heterocycles. The van der Waals surface area contributed by atoms with E-state index in [0.29, 0.717) is 12.2 Å². The SMILES string of the molecule is N#Cc1cccc(C(=O)Nc2ccc3c(c2)C(c2ccoc2)=NC3)c1F. The van der Waals surface area contributed by atoms with Crippen molar-refractivity contribution in [3.8, 4) is 6.07 Å². The maximum absolute atomic E-state index is 14.2. The molecular formula is C20H12FN3O2. The first-order chi connectivity index (χ1) is 12.7. The fourth-order valence-electron chi connectivity index (χ4n) is 2.90. The van der Waals surface area contributed by atoms with Gasteiger partial charge in [-0.1, -0.05) is 12.1 Å². The summed E-state index contributed by atoms with van der Waals surface area (Å²) in [6.45, 7) is 0.558. The smallest absolute Gasteiger partial charge is 0.258 e. The van der Waals surface area contributed by atoms with Gasteiger partial charge >= 0.3 is 0 Å². The number of carbonyl (C=O) groups excluding carboxylic acids is 1. The van der Waals surface area contributed by atoms with Crippen LogP contribution >= 0.6 is 0 Å². The molecule has 0 bridgehead atoms. The second-order valence-corrected chi connectivity index (χ2v) is 5.78. The second kappa shape index (κ2) is 6.30. The highest BCUT2D eigenvalue weighted by molar-refractivity contribution is 6.15. The zero-order valence-electron chi connectivity index (χ0n) is 13.5. The van der Waals surface area contributed by atoms with E-state index in [2.05, 4.69) is 10.3 Å². The summed E-state index contributed by atoms with van der Waals surface area (Å²) in [6.07, 6.45) is 3.19. The zero-order valence-corrected chi connectivity index (χ0v) is 13.5. The van der Waals surface area contributed by atoms with Gasteiger partial charge in [-0.3, -0.25) is 9.79 Å². The number of hydrogen-bond acceptors (Lipinski definition) is 4. The average Bonchev–Trinajstić information content (AvgIpc) is 3.30. The van der Waals surface area contributed by atoms with E-state index in [1.54, 1.807) is 30.7 Å². The average molecular weight is 345 g/mol. The lowest BCUT2D eigenvalue weighted by atomic mass is 10.0. The Hall–Kier alpha value is -3.72. The number of hydrogen-bond donors (Lipinski definition) is 1. The molecule has 126 valence electrons. The summed E-state index contributed by atoms with van der Waals surface area (Å²) >= 11 is 0. The molecule has 1 aliphatic rings. The minimum atomic E-state index is -0.825. The molecule has 0 saturated heterocycles. The maximum Gasteiger partial charge on any atom is 0.258 e. The van der Waals surface area contributed by atoms with E-state index in [1.165, 1.54) is 18.2 Å². The monoisotopic (exact) mass is 345 g/mol. The standard InChI is InChI=1S/C20H12FN3O2/c21-18-12(9-22)2-1-3-16(18)20(25)24-15-5-4-13-10-23-19(17(13)8-15)14-6-7-26-11-14/h1-8,11H,10H2,(H,24,25). The second-order valence-electron chi connectivity index (χ2n) is 5.78. The third-order valence-corrected chi connectivity index (χ3v) is 4.19. The lowest BCUT2D eigenvalue weighted by Gasteiger charge is -2.09. The summed E-state index contributed by atoms with van der Waals surface area (Å²) in [5, 5.41) is 11.6. The van der Waals surface area contributed by atoms with E-state index in [1.807, 2.05) is 12.1 Å². The third kappa shape index (κ3) is 2.66. The molecule has 0 saturated carbocycles. The van der Waals surface area contributed by atoms with Crippen molar-refractivity contribution < 1.29 is 13.6 Å². The summed E-state index contributed by atoms with van der Waals surface area (Å²) < 4.78 is 19.3. The van der Waals surface area contributed by atoms with Gasteiger partial charge < -0.3 is 9.73 Å². The minimum absolute atomic E-state index is 0.166. The number of nitrogens with one attached hydrogen (secondary N) is 1. The summed E-state index contributed by atoms with van der Waals surface area (Å²) in [5.41, 5.74) is 3.78. The first-order valence-corrected chi connectivity index (χ1v) is 7.87. The Bertz CT molecular complexity index is 1080. The van der Waals surface area contributed by atoms with Crippen LogP contribution in [0.4, 0.5) is 10.1 Å². The van der Waals surface area contributed by atoms with Gasteiger partial charge in [-0.2, -0.15) is 5.26 Å². The Kier molecular flexibility index (Phi) is 3.82. The Morgan fingerprint density at radius 1 is 1.27 bits per heavy atom. The molecule has 2 aromatic carbocycles. The van der Waals surface area contributed by atoms with Crippen molar-refractivity contribution in [1.29, 1.82) is 5.26 Å². The zero-order chi connectivity index (χ0) is 18.1. The fraction of sp³-hybridized carbons (Fsp3) is 0.0500. The fourth-order valence-corrected chi connectivity index (χ4v) is 2.90. The van der Waals surface area contributed by atoms with Crippen LogP contribution in [0.1, 0.15) is 32.6 Å². The van der Waals surface area contributed by atoms with Crippen molar-refractivity contribution >= 4 is 17.3 Å². The predicted molar refractivity (Wildman–Crippen MR) is 93.6 cm³/mol. The highest BCUT2D eigenvalue weighted by atomic mass is 19.1. The van der Waals surface area contributed by atoms with Crippen molar-refractivity contribution in [1.82, 2.24) is 0 Å². The van der Waals surface area contributed by atoms with E-state index in [0.717, 1.165) is 22.4 Å². The molecule has 0 aliphatic carbocycles. The van der Waals surface area contributed by atoms with Crippen LogP contribution in [-0.4, -0.2) is 11.6 Å². The minimum Gasteiger partial charge on any atom is -0.472 e. The molecule has 2 heterocycles. The Labute approximate surface area is 148 Å². The molecule has 26 heavy (non-hydrogen) atoms. The van der Waals surface area contributed by atoms with Gasteiger partial charge in [-0.05, 0) is 35.9 Å². The van der Waals surface area contributed by atoms with Crippen molar-refractivity contribution in [3.05, 3.63) is 88.6 Å². The number of carbonyl (C=O) groups is 1. The van der Waals surface area contributed by atoms with Crippen LogP contribution in [0.3, 0.4) is 0 Å². The van der Waals surface area contributed by atoms with Crippen LogP contribution in [0, 0.1) is 17.1 Å². The molecule has 1 amide bonds. The van der Waals surface area contributed by atoms with E-state index < -0.39 is 11.7 Å². The third-order valence-electron chi connectivity index (χ3n) is 4.19. The lowest BCUT2D eigenvalue weighted by Crippen LogP contribution is -2.15. The Balaban J connectivity index is 1.63. The van der Waals surface area contributed by atoms with Crippen LogP contribution < -0.4 is 5.32 Å². The van der Waals surface area contributed by atoms with Gasteiger partial charge in [0.1, 0.15) is 6.07 Å². The summed E-state index contributed by atoms with van der Waals surface area (Å²) in [4.78, 5) is 16.9. The molecule has 3 aromatic rings. The summed E-state index contributed by atoms with van der Waals surface area (Å²) in [5.74, 6) is -1.44. The van der Waals surface area contributed by atoms with Crippen molar-refractivity contribution in [2.45, 2.75) is 6.54 Å². The number of halogens is 1. The van der Waals surface area contributed by atoms with Crippen molar-refractivity contribution in [2.24, 2.45) is 4.99 Å². The molecule has 5 nitrogen and oxygen atoms in total. The Morgan fingerprint density at radius 3 is 2.92 bits per heavy atom. The predicted octanol–water partition coefficient (Wildman–Crippen LogP) is 3.89. The van der Waals surface area contributed by atoms with Gasteiger partial charge in [0.15, 0.2) is 5.82 Å². The quantitative estimate of drug-likeness (QED) is 0.782. The van der Waals surface area contributed by atoms with Gasteiger partial charge in [0.05, 0.1) is 35.9 Å². The van der Waals surface area contributed by atoms with Gasteiger partial charge in [0.2, 0.25) is 0 Å². The molecule has 0 unspecified atom stereocenters. The number of nitriles is 1. The van der Waals surface area contributed by atoms with E-state index in [9.17, 15) is 9.18 Å². The van der Waals surface area contributed by atoms with Gasteiger partial charge in [-0.15, -0.1) is 0 Å². The van der Waals surface area contributed by atoms with E-state index in [-0.39, 0.29) is 11.1 Å². The number of rotatable bonds is 3. The number of fused-ring (bicyclic) bond motifs is 1. The van der Waals surface area contributed by atoms with E-state index in [4.69, 9.17) is 9.68 Å². The highest BCUT2D eigenvalue weighted by Crippen LogP contribution is 2.26. The molecule has 0 fully saturated rings. The van der Waals surface area contributed by atoms with Gasteiger partial charge in [0.25, 0.3) is 5.91 Å². The summed E-state index contributed by atoms with van der Waals surface area (Å²) in [6, 6.07) is 13.1. The van der Waals surface area contributed by atoms with Crippen molar-refractivity contribution in [2.75, 3.05) is 5.32 Å². The van der Waals surface area contributed by atoms with Crippen LogP contribution in [0.15, 0.2) is 64.4 Å². The highest BCUT2D eigenvalue weighted by Gasteiger charge is 2.20.